The van der Waals surface area contributed by atoms with Gasteiger partial charge in [0.15, 0.2) is 0 Å². The number of rotatable bonds is 7. The van der Waals surface area contributed by atoms with Gasteiger partial charge in [-0.2, -0.15) is 0 Å². The van der Waals surface area contributed by atoms with Crippen LogP contribution in [0.2, 0.25) is 0 Å². The van der Waals surface area contributed by atoms with Crippen LogP contribution in [0.3, 0.4) is 0 Å². The third-order valence-corrected chi connectivity index (χ3v) is 3.17. The number of hydrogen-bond acceptors (Lipinski definition) is 2. The Kier molecular flexibility index (Phi) is 5.81. The van der Waals surface area contributed by atoms with Crippen LogP contribution in [0.5, 0.6) is 0 Å². The summed E-state index contributed by atoms with van der Waals surface area (Å²) in [5.41, 5.74) is 0. The molecular formula is C12H22ClN3. The van der Waals surface area contributed by atoms with Crippen LogP contribution in [0.15, 0.2) is 0 Å². The highest BCUT2D eigenvalue weighted by atomic mass is 35.5. The number of nitrogens with zero attached hydrogens (tertiary/aromatic N) is 3. The molecule has 0 aromatic carbocycles. The lowest BCUT2D eigenvalue weighted by Gasteiger charge is -2.15. The van der Waals surface area contributed by atoms with Crippen molar-refractivity contribution in [1.29, 1.82) is 0 Å². The SMILES string of the molecule is CCCC(CCC)c1nnc(CCl)n1CC. The molecule has 0 aliphatic carbocycles. The first-order valence-electron chi connectivity index (χ1n) is 6.26. The molecule has 0 bridgehead atoms. The van der Waals surface area contributed by atoms with Gasteiger partial charge in [-0.1, -0.05) is 26.7 Å². The van der Waals surface area contributed by atoms with Crippen molar-refractivity contribution in [3.05, 3.63) is 11.6 Å². The molecule has 0 fully saturated rings. The second-order valence-corrected chi connectivity index (χ2v) is 4.39. The van der Waals surface area contributed by atoms with Crippen molar-refractivity contribution >= 4 is 11.6 Å². The molecule has 1 aromatic heterocycles. The van der Waals surface area contributed by atoms with Crippen molar-refractivity contribution in [2.24, 2.45) is 0 Å². The predicted octanol–water partition coefficient (Wildman–Crippen LogP) is 3.72. The van der Waals surface area contributed by atoms with Crippen molar-refractivity contribution in [2.45, 2.75) is 64.8 Å². The number of hydrogen-bond donors (Lipinski definition) is 0. The van der Waals surface area contributed by atoms with Gasteiger partial charge in [0.25, 0.3) is 0 Å². The van der Waals surface area contributed by atoms with E-state index < -0.39 is 0 Å². The average molecular weight is 244 g/mol. The van der Waals surface area contributed by atoms with Crippen LogP contribution in [-0.2, 0) is 12.4 Å². The van der Waals surface area contributed by atoms with E-state index in [0.29, 0.717) is 11.8 Å². The first kappa shape index (κ1) is 13.5. The smallest absolute Gasteiger partial charge is 0.147 e. The molecule has 0 aliphatic heterocycles. The highest BCUT2D eigenvalue weighted by Gasteiger charge is 2.18. The quantitative estimate of drug-likeness (QED) is 0.684. The van der Waals surface area contributed by atoms with Gasteiger partial charge in [0.05, 0.1) is 5.88 Å². The van der Waals surface area contributed by atoms with E-state index in [4.69, 9.17) is 11.6 Å². The summed E-state index contributed by atoms with van der Waals surface area (Å²) >= 11 is 5.86. The van der Waals surface area contributed by atoms with Crippen molar-refractivity contribution in [1.82, 2.24) is 14.8 Å². The Hall–Kier alpha value is -0.570. The van der Waals surface area contributed by atoms with Crippen LogP contribution >= 0.6 is 11.6 Å². The molecule has 16 heavy (non-hydrogen) atoms. The Morgan fingerprint density at radius 2 is 1.75 bits per heavy atom. The van der Waals surface area contributed by atoms with E-state index in [1.807, 2.05) is 0 Å². The maximum absolute atomic E-state index is 5.86. The second kappa shape index (κ2) is 6.89. The van der Waals surface area contributed by atoms with E-state index in [9.17, 15) is 0 Å². The molecule has 0 radical (unpaired) electrons. The molecule has 92 valence electrons. The monoisotopic (exact) mass is 243 g/mol. The lowest BCUT2D eigenvalue weighted by Crippen LogP contribution is -2.10. The molecule has 4 heteroatoms. The minimum Gasteiger partial charge on any atom is -0.314 e. The van der Waals surface area contributed by atoms with E-state index in [1.165, 1.54) is 25.7 Å². The first-order valence-corrected chi connectivity index (χ1v) is 6.79. The Labute approximate surface area is 103 Å². The zero-order chi connectivity index (χ0) is 12.0. The fourth-order valence-corrected chi connectivity index (χ4v) is 2.39. The molecule has 0 saturated carbocycles. The van der Waals surface area contributed by atoms with Crippen LogP contribution in [0.4, 0.5) is 0 Å². The summed E-state index contributed by atoms with van der Waals surface area (Å²) < 4.78 is 2.17. The van der Waals surface area contributed by atoms with E-state index in [1.54, 1.807) is 0 Å². The van der Waals surface area contributed by atoms with E-state index in [0.717, 1.165) is 18.2 Å². The molecule has 0 N–H and O–H groups in total. The minimum absolute atomic E-state index is 0.450. The number of aromatic nitrogens is 3. The molecule has 0 amide bonds. The number of alkyl halides is 1. The standard InChI is InChI=1S/C12H22ClN3/c1-4-7-10(8-5-2)12-15-14-11(9-13)16(12)6-3/h10H,4-9H2,1-3H3. The number of halogens is 1. The van der Waals surface area contributed by atoms with E-state index in [2.05, 4.69) is 35.5 Å². The molecule has 1 rings (SSSR count). The summed E-state index contributed by atoms with van der Waals surface area (Å²) in [4.78, 5) is 0. The molecule has 1 aromatic rings. The van der Waals surface area contributed by atoms with Crippen LogP contribution in [0.25, 0.3) is 0 Å². The third kappa shape index (κ3) is 2.97. The summed E-state index contributed by atoms with van der Waals surface area (Å²) in [5.74, 6) is 3.02. The normalized spacial score (nSPS) is 11.3. The molecule has 0 aliphatic rings. The summed E-state index contributed by atoms with van der Waals surface area (Å²) in [7, 11) is 0. The first-order chi connectivity index (χ1) is 7.78. The van der Waals surface area contributed by atoms with Crippen LogP contribution in [-0.4, -0.2) is 14.8 Å². The summed E-state index contributed by atoms with van der Waals surface area (Å²) in [6, 6.07) is 0. The maximum atomic E-state index is 5.86. The summed E-state index contributed by atoms with van der Waals surface area (Å²) in [6.07, 6.45) is 4.76. The zero-order valence-corrected chi connectivity index (χ0v) is 11.3. The molecular weight excluding hydrogens is 222 g/mol. The molecule has 0 unspecified atom stereocenters. The van der Waals surface area contributed by atoms with Crippen molar-refractivity contribution in [3.63, 3.8) is 0 Å². The molecule has 1 heterocycles. The van der Waals surface area contributed by atoms with Gasteiger partial charge < -0.3 is 4.57 Å². The Morgan fingerprint density at radius 1 is 1.12 bits per heavy atom. The Bertz CT molecular complexity index is 303. The Balaban J connectivity index is 2.93. The lowest BCUT2D eigenvalue weighted by atomic mass is 9.97. The zero-order valence-electron chi connectivity index (χ0n) is 10.5. The lowest BCUT2D eigenvalue weighted by molar-refractivity contribution is 0.503. The van der Waals surface area contributed by atoms with Gasteiger partial charge in [-0.15, -0.1) is 21.8 Å². The third-order valence-electron chi connectivity index (χ3n) is 2.93. The van der Waals surface area contributed by atoms with Gasteiger partial charge >= 0.3 is 0 Å². The van der Waals surface area contributed by atoms with Gasteiger partial charge in [-0.25, -0.2) is 0 Å². The van der Waals surface area contributed by atoms with Crippen molar-refractivity contribution in [3.8, 4) is 0 Å². The topological polar surface area (TPSA) is 30.7 Å². The van der Waals surface area contributed by atoms with Crippen molar-refractivity contribution in [2.75, 3.05) is 0 Å². The van der Waals surface area contributed by atoms with E-state index >= 15 is 0 Å². The van der Waals surface area contributed by atoms with Gasteiger partial charge in [0.1, 0.15) is 11.6 Å². The molecule has 0 atom stereocenters. The van der Waals surface area contributed by atoms with Gasteiger partial charge in [-0.05, 0) is 19.8 Å². The van der Waals surface area contributed by atoms with E-state index in [-0.39, 0.29) is 0 Å². The molecule has 3 nitrogen and oxygen atoms in total. The second-order valence-electron chi connectivity index (χ2n) is 4.13. The highest BCUT2D eigenvalue weighted by Crippen LogP contribution is 2.25. The van der Waals surface area contributed by atoms with Crippen molar-refractivity contribution < 1.29 is 0 Å². The van der Waals surface area contributed by atoms with Gasteiger partial charge in [0, 0.05) is 12.5 Å². The van der Waals surface area contributed by atoms with Crippen LogP contribution in [0.1, 0.15) is 64.0 Å². The minimum atomic E-state index is 0.450. The summed E-state index contributed by atoms with van der Waals surface area (Å²) in [5, 5.41) is 8.50. The molecule has 0 saturated heterocycles. The largest absolute Gasteiger partial charge is 0.314 e. The Morgan fingerprint density at radius 3 is 2.19 bits per heavy atom. The van der Waals surface area contributed by atoms with Crippen LogP contribution in [0, 0.1) is 0 Å². The predicted molar refractivity (Wildman–Crippen MR) is 67.8 cm³/mol. The van der Waals surface area contributed by atoms with Crippen LogP contribution < -0.4 is 0 Å². The van der Waals surface area contributed by atoms with Gasteiger partial charge in [0.2, 0.25) is 0 Å². The fraction of sp³-hybridized carbons (Fsp3) is 0.833. The fourth-order valence-electron chi connectivity index (χ4n) is 2.19. The summed E-state index contributed by atoms with van der Waals surface area (Å²) in [6.45, 7) is 7.47. The highest BCUT2D eigenvalue weighted by molar-refractivity contribution is 6.16. The average Bonchev–Trinajstić information content (AvgIpc) is 2.71. The maximum Gasteiger partial charge on any atom is 0.147 e. The molecule has 0 spiro atoms. The van der Waals surface area contributed by atoms with Gasteiger partial charge in [-0.3, -0.25) is 0 Å².